The van der Waals surface area contributed by atoms with Gasteiger partial charge in [-0.25, -0.2) is 9.97 Å². The van der Waals surface area contributed by atoms with Crippen molar-refractivity contribution in [3.63, 3.8) is 0 Å². The van der Waals surface area contributed by atoms with E-state index in [-0.39, 0.29) is 5.54 Å². The molecule has 1 aliphatic heterocycles. The number of piperazine rings is 1. The number of anilines is 1. The van der Waals surface area contributed by atoms with Gasteiger partial charge in [-0.2, -0.15) is 0 Å². The Kier molecular flexibility index (Phi) is 4.50. The molecule has 4 atom stereocenters. The van der Waals surface area contributed by atoms with Crippen LogP contribution in [0, 0.1) is 17.8 Å². The molecule has 3 fully saturated rings. The second-order valence-corrected chi connectivity index (χ2v) is 8.65. The molecule has 2 aliphatic carbocycles. The average Bonchev–Trinajstić information content (AvgIpc) is 3.16. The largest absolute Gasteiger partial charge is 0.494 e. The fourth-order valence-corrected chi connectivity index (χ4v) is 6.04. The van der Waals surface area contributed by atoms with E-state index in [1.165, 1.54) is 18.4 Å². The Balaban J connectivity index is 1.40. The van der Waals surface area contributed by atoms with Gasteiger partial charge in [-0.15, -0.1) is 0 Å². The Morgan fingerprint density at radius 1 is 1.07 bits per heavy atom. The summed E-state index contributed by atoms with van der Waals surface area (Å²) < 4.78 is 5.83. The molecule has 1 aromatic carbocycles. The molecule has 1 aromatic heterocycles. The van der Waals surface area contributed by atoms with E-state index in [0.717, 1.165) is 62.0 Å². The molecule has 2 aromatic rings. The fourth-order valence-electron chi connectivity index (χ4n) is 6.04. The van der Waals surface area contributed by atoms with E-state index >= 15 is 0 Å². The summed E-state index contributed by atoms with van der Waals surface area (Å²) in [5.74, 6) is 3.47. The van der Waals surface area contributed by atoms with Crippen LogP contribution in [-0.4, -0.2) is 47.7 Å². The monoisotopic (exact) mass is 378 g/mol. The van der Waals surface area contributed by atoms with Crippen molar-refractivity contribution in [2.45, 2.75) is 32.2 Å². The van der Waals surface area contributed by atoms with Crippen molar-refractivity contribution in [2.24, 2.45) is 17.8 Å². The Morgan fingerprint density at radius 3 is 2.46 bits per heavy atom. The van der Waals surface area contributed by atoms with Gasteiger partial charge in [-0.3, -0.25) is 4.90 Å². The van der Waals surface area contributed by atoms with Gasteiger partial charge >= 0.3 is 0 Å². The Bertz CT molecular complexity index is 806. The summed E-state index contributed by atoms with van der Waals surface area (Å²) in [6.45, 7) is 9.45. The number of hydrogen-bond donors (Lipinski definition) is 0. The highest BCUT2D eigenvalue weighted by Gasteiger charge is 2.70. The smallest absolute Gasteiger partial charge is 0.119 e. The van der Waals surface area contributed by atoms with Crippen LogP contribution in [0.2, 0.25) is 0 Å². The molecule has 0 amide bonds. The number of aromatic nitrogens is 2. The number of ether oxygens (including phenoxy) is 1. The number of fused-ring (bicyclic) bond motifs is 1. The molecular formula is C23H30N4O. The van der Waals surface area contributed by atoms with E-state index in [0.29, 0.717) is 0 Å². The first kappa shape index (κ1) is 17.9. The lowest BCUT2D eigenvalue weighted by atomic mass is 9.89. The minimum absolute atomic E-state index is 0.221. The van der Waals surface area contributed by atoms with Gasteiger partial charge in [0.2, 0.25) is 0 Å². The van der Waals surface area contributed by atoms with E-state index < -0.39 is 0 Å². The zero-order valence-electron chi connectivity index (χ0n) is 16.9. The summed E-state index contributed by atoms with van der Waals surface area (Å²) in [7, 11) is 0. The maximum Gasteiger partial charge on any atom is 0.119 e. The number of rotatable bonds is 5. The lowest BCUT2D eigenvalue weighted by Crippen LogP contribution is -2.52. The second kappa shape index (κ2) is 7.03. The van der Waals surface area contributed by atoms with Crippen molar-refractivity contribution in [2.75, 3.05) is 37.7 Å². The van der Waals surface area contributed by atoms with Gasteiger partial charge < -0.3 is 9.64 Å². The number of nitrogens with zero attached hydrogens (tertiary/aromatic N) is 4. The van der Waals surface area contributed by atoms with Crippen LogP contribution in [0.3, 0.4) is 0 Å². The van der Waals surface area contributed by atoms with Crippen LogP contribution in [0.1, 0.15) is 32.3 Å². The normalized spacial score (nSPS) is 32.2. The second-order valence-electron chi connectivity index (χ2n) is 8.65. The standard InChI is InChI=1S/C23H30N4O/c1-3-28-20-6-4-5-18(13-20)23(21-11-17(2)12-22(21)23)27-9-7-26(8-10-27)19-14-24-16-25-15-19/h4-6,13-17,21-22H,3,7-12H2,1-2H3/t17?,21-,22+,23?. The SMILES string of the molecule is CCOc1cccc(C2(N3CCN(c4cncnc4)CC3)[C@@H]3CC(C)C[C@@H]32)c1. The van der Waals surface area contributed by atoms with E-state index in [1.54, 1.807) is 6.33 Å². The molecule has 2 saturated carbocycles. The molecule has 2 heterocycles. The van der Waals surface area contributed by atoms with Crippen molar-refractivity contribution in [1.82, 2.24) is 14.9 Å². The molecule has 1 saturated heterocycles. The van der Waals surface area contributed by atoms with E-state index in [9.17, 15) is 0 Å². The summed E-state index contributed by atoms with van der Waals surface area (Å²) in [5, 5.41) is 0. The van der Waals surface area contributed by atoms with Gasteiger partial charge in [0.25, 0.3) is 0 Å². The highest BCUT2D eigenvalue weighted by molar-refractivity contribution is 5.44. The van der Waals surface area contributed by atoms with Crippen LogP contribution in [0.25, 0.3) is 0 Å². The minimum atomic E-state index is 0.221. The van der Waals surface area contributed by atoms with Gasteiger partial charge in [0.05, 0.1) is 30.2 Å². The molecule has 3 aliphatic rings. The third kappa shape index (κ3) is 2.79. The number of benzene rings is 1. The third-order valence-corrected chi connectivity index (χ3v) is 7.14. The van der Waals surface area contributed by atoms with Crippen LogP contribution in [0.15, 0.2) is 43.0 Å². The first-order chi connectivity index (χ1) is 13.7. The summed E-state index contributed by atoms with van der Waals surface area (Å²) in [5.41, 5.74) is 2.83. The van der Waals surface area contributed by atoms with Gasteiger partial charge in [0.1, 0.15) is 12.1 Å². The highest BCUT2D eigenvalue weighted by atomic mass is 16.5. The fraction of sp³-hybridized carbons (Fsp3) is 0.565. The third-order valence-electron chi connectivity index (χ3n) is 7.14. The topological polar surface area (TPSA) is 41.5 Å². The van der Waals surface area contributed by atoms with Crippen LogP contribution < -0.4 is 9.64 Å². The van der Waals surface area contributed by atoms with Crippen molar-refractivity contribution < 1.29 is 4.74 Å². The van der Waals surface area contributed by atoms with Crippen LogP contribution in [-0.2, 0) is 5.54 Å². The zero-order valence-corrected chi connectivity index (χ0v) is 16.9. The predicted octanol–water partition coefficient (Wildman–Crippen LogP) is 3.57. The minimum Gasteiger partial charge on any atom is -0.494 e. The molecule has 5 rings (SSSR count). The van der Waals surface area contributed by atoms with Gasteiger partial charge in [0.15, 0.2) is 0 Å². The molecule has 2 unspecified atom stereocenters. The lowest BCUT2D eigenvalue weighted by Gasteiger charge is -2.43. The van der Waals surface area contributed by atoms with Gasteiger partial charge in [-0.05, 0) is 55.2 Å². The van der Waals surface area contributed by atoms with E-state index in [1.807, 2.05) is 12.4 Å². The molecule has 0 bridgehead atoms. The Labute approximate surface area is 167 Å². The number of hydrogen-bond acceptors (Lipinski definition) is 5. The molecule has 0 radical (unpaired) electrons. The molecule has 5 nitrogen and oxygen atoms in total. The van der Waals surface area contributed by atoms with E-state index in [2.05, 4.69) is 57.9 Å². The maximum atomic E-state index is 5.83. The quantitative estimate of drug-likeness (QED) is 0.796. The van der Waals surface area contributed by atoms with Gasteiger partial charge in [-0.1, -0.05) is 19.1 Å². The molecular weight excluding hydrogens is 348 g/mol. The van der Waals surface area contributed by atoms with Crippen LogP contribution in [0.5, 0.6) is 5.75 Å². The Morgan fingerprint density at radius 2 is 1.79 bits per heavy atom. The van der Waals surface area contributed by atoms with Crippen molar-refractivity contribution >= 4 is 5.69 Å². The van der Waals surface area contributed by atoms with Crippen LogP contribution in [0.4, 0.5) is 5.69 Å². The lowest BCUT2D eigenvalue weighted by molar-refractivity contribution is 0.124. The molecule has 0 N–H and O–H groups in total. The molecule has 148 valence electrons. The summed E-state index contributed by atoms with van der Waals surface area (Å²) in [6, 6.07) is 8.92. The summed E-state index contributed by atoms with van der Waals surface area (Å²) >= 11 is 0. The molecule has 28 heavy (non-hydrogen) atoms. The van der Waals surface area contributed by atoms with Crippen molar-refractivity contribution in [1.29, 1.82) is 0 Å². The predicted molar refractivity (Wildman–Crippen MR) is 110 cm³/mol. The average molecular weight is 379 g/mol. The first-order valence-corrected chi connectivity index (χ1v) is 10.7. The molecule has 0 spiro atoms. The maximum absolute atomic E-state index is 5.83. The van der Waals surface area contributed by atoms with Crippen molar-refractivity contribution in [3.8, 4) is 5.75 Å². The van der Waals surface area contributed by atoms with E-state index in [4.69, 9.17) is 4.74 Å². The van der Waals surface area contributed by atoms with Crippen molar-refractivity contribution in [3.05, 3.63) is 48.5 Å². The zero-order chi connectivity index (χ0) is 19.1. The van der Waals surface area contributed by atoms with Crippen LogP contribution >= 0.6 is 0 Å². The summed E-state index contributed by atoms with van der Waals surface area (Å²) in [4.78, 5) is 13.6. The molecule has 5 heteroatoms. The van der Waals surface area contributed by atoms with Gasteiger partial charge in [0, 0.05) is 26.2 Å². The highest BCUT2D eigenvalue weighted by Crippen LogP contribution is 2.70. The summed E-state index contributed by atoms with van der Waals surface area (Å²) in [6.07, 6.45) is 8.17. The Hall–Kier alpha value is -2.14. The first-order valence-electron chi connectivity index (χ1n) is 10.7.